The number of carbonyl (C=O) groups is 1. The van der Waals surface area contributed by atoms with Gasteiger partial charge in [-0.1, -0.05) is 24.3 Å². The average Bonchev–Trinajstić information content (AvgIpc) is 2.52. The van der Waals surface area contributed by atoms with Crippen LogP contribution in [0.25, 0.3) is 0 Å². The van der Waals surface area contributed by atoms with E-state index in [1.165, 1.54) is 36.4 Å². The van der Waals surface area contributed by atoms with Gasteiger partial charge in [-0.25, -0.2) is 4.39 Å². The Labute approximate surface area is 125 Å². The zero-order chi connectivity index (χ0) is 15.9. The minimum absolute atomic E-state index is 0.0293. The molecule has 7 heteroatoms. The third kappa shape index (κ3) is 3.78. The molecule has 22 heavy (non-hydrogen) atoms. The number of nitrogens with one attached hydrogen (secondary N) is 1. The molecule has 6 nitrogen and oxygen atoms in total. The van der Waals surface area contributed by atoms with Crippen LogP contribution in [0.4, 0.5) is 10.1 Å². The number of benzene rings is 2. The number of hydrogen-bond donors (Lipinski definition) is 1. The van der Waals surface area contributed by atoms with Crippen LogP contribution in [0.5, 0.6) is 5.75 Å². The van der Waals surface area contributed by atoms with Gasteiger partial charge in [0.2, 0.25) is 0 Å². The SMILES string of the molecule is O=C(NCCOc1ccccc1F)c1ccccc1[N+](=O)[O-]. The standard InChI is InChI=1S/C15H13FN2O4/c16-12-6-2-4-8-14(12)22-10-9-17-15(19)11-5-1-3-7-13(11)18(20)21/h1-8H,9-10H2,(H,17,19). The summed E-state index contributed by atoms with van der Waals surface area (Å²) in [4.78, 5) is 22.1. The second-order valence-corrected chi connectivity index (χ2v) is 4.31. The van der Waals surface area contributed by atoms with Crippen LogP contribution in [-0.4, -0.2) is 24.0 Å². The number of nitrogens with zero attached hydrogens (tertiary/aromatic N) is 1. The zero-order valence-corrected chi connectivity index (χ0v) is 11.5. The lowest BCUT2D eigenvalue weighted by Crippen LogP contribution is -2.28. The van der Waals surface area contributed by atoms with Crippen LogP contribution in [0.1, 0.15) is 10.4 Å². The molecule has 0 saturated carbocycles. The maximum atomic E-state index is 13.3. The largest absolute Gasteiger partial charge is 0.489 e. The van der Waals surface area contributed by atoms with Crippen molar-refractivity contribution in [2.45, 2.75) is 0 Å². The Morgan fingerprint density at radius 2 is 1.86 bits per heavy atom. The fourth-order valence-corrected chi connectivity index (χ4v) is 1.81. The number of para-hydroxylation sites is 2. The number of carbonyl (C=O) groups excluding carboxylic acids is 1. The molecule has 0 aromatic heterocycles. The Balaban J connectivity index is 1.89. The zero-order valence-electron chi connectivity index (χ0n) is 11.5. The third-order valence-electron chi connectivity index (χ3n) is 2.83. The summed E-state index contributed by atoms with van der Waals surface area (Å²) in [6, 6.07) is 11.5. The first-order chi connectivity index (χ1) is 10.6. The van der Waals surface area contributed by atoms with Gasteiger partial charge in [-0.15, -0.1) is 0 Å². The van der Waals surface area contributed by atoms with E-state index in [-0.39, 0.29) is 30.2 Å². The Bertz CT molecular complexity index is 691. The lowest BCUT2D eigenvalue weighted by molar-refractivity contribution is -0.385. The van der Waals surface area contributed by atoms with Gasteiger partial charge in [-0.05, 0) is 18.2 Å². The highest BCUT2D eigenvalue weighted by Gasteiger charge is 2.18. The van der Waals surface area contributed by atoms with Gasteiger partial charge in [-0.3, -0.25) is 14.9 Å². The van der Waals surface area contributed by atoms with Crippen molar-refractivity contribution in [1.29, 1.82) is 0 Å². The van der Waals surface area contributed by atoms with Crippen LogP contribution in [0, 0.1) is 15.9 Å². The summed E-state index contributed by atoms with van der Waals surface area (Å²) >= 11 is 0. The molecule has 0 fully saturated rings. The summed E-state index contributed by atoms with van der Waals surface area (Å²) in [5, 5.41) is 13.3. The molecule has 2 aromatic carbocycles. The summed E-state index contributed by atoms with van der Waals surface area (Å²) < 4.78 is 18.5. The molecular formula is C15H13FN2O4. The summed E-state index contributed by atoms with van der Waals surface area (Å²) in [5.74, 6) is -0.987. The molecule has 0 aliphatic heterocycles. The molecule has 1 N–H and O–H groups in total. The monoisotopic (exact) mass is 304 g/mol. The van der Waals surface area contributed by atoms with E-state index in [2.05, 4.69) is 5.32 Å². The van der Waals surface area contributed by atoms with Gasteiger partial charge >= 0.3 is 0 Å². The van der Waals surface area contributed by atoms with E-state index in [0.717, 1.165) is 0 Å². The van der Waals surface area contributed by atoms with Crippen LogP contribution in [-0.2, 0) is 0 Å². The maximum Gasteiger partial charge on any atom is 0.282 e. The number of halogens is 1. The van der Waals surface area contributed by atoms with Gasteiger partial charge in [0, 0.05) is 6.07 Å². The summed E-state index contributed by atoms with van der Waals surface area (Å²) in [6.07, 6.45) is 0. The normalized spacial score (nSPS) is 10.0. The van der Waals surface area contributed by atoms with E-state index in [0.29, 0.717) is 0 Å². The van der Waals surface area contributed by atoms with Crippen molar-refractivity contribution in [1.82, 2.24) is 5.32 Å². The van der Waals surface area contributed by atoms with Crippen LogP contribution < -0.4 is 10.1 Å². The highest BCUT2D eigenvalue weighted by molar-refractivity contribution is 5.98. The van der Waals surface area contributed by atoms with Crippen LogP contribution in [0.2, 0.25) is 0 Å². The van der Waals surface area contributed by atoms with Crippen molar-refractivity contribution in [2.24, 2.45) is 0 Å². The van der Waals surface area contributed by atoms with Gasteiger partial charge in [-0.2, -0.15) is 0 Å². The lowest BCUT2D eigenvalue weighted by atomic mass is 10.1. The molecule has 0 atom stereocenters. The van der Waals surface area contributed by atoms with Crippen LogP contribution in [0.3, 0.4) is 0 Å². The maximum absolute atomic E-state index is 13.3. The first kappa shape index (κ1) is 15.4. The summed E-state index contributed by atoms with van der Waals surface area (Å²) in [6.45, 7) is 0.145. The highest BCUT2D eigenvalue weighted by Crippen LogP contribution is 2.17. The molecule has 0 aliphatic rings. The van der Waals surface area contributed by atoms with Crippen molar-refractivity contribution in [3.8, 4) is 5.75 Å². The molecule has 0 radical (unpaired) electrons. The minimum Gasteiger partial charge on any atom is -0.489 e. The predicted octanol–water partition coefficient (Wildman–Crippen LogP) is 2.54. The summed E-state index contributed by atoms with van der Waals surface area (Å²) in [7, 11) is 0. The van der Waals surface area contributed by atoms with Crippen LogP contribution in [0.15, 0.2) is 48.5 Å². The van der Waals surface area contributed by atoms with Gasteiger partial charge in [0.15, 0.2) is 11.6 Å². The predicted molar refractivity (Wildman–Crippen MR) is 77.3 cm³/mol. The van der Waals surface area contributed by atoms with E-state index in [1.807, 2.05) is 0 Å². The Morgan fingerprint density at radius 1 is 1.18 bits per heavy atom. The van der Waals surface area contributed by atoms with Crippen molar-refractivity contribution >= 4 is 11.6 Å². The number of nitro groups is 1. The van der Waals surface area contributed by atoms with E-state index in [4.69, 9.17) is 4.74 Å². The second kappa shape index (κ2) is 7.16. The molecule has 0 saturated heterocycles. The molecule has 114 valence electrons. The topological polar surface area (TPSA) is 81.5 Å². The number of ether oxygens (including phenoxy) is 1. The minimum atomic E-state index is -0.620. The lowest BCUT2D eigenvalue weighted by Gasteiger charge is -2.08. The molecule has 2 aromatic rings. The molecule has 1 amide bonds. The third-order valence-corrected chi connectivity index (χ3v) is 2.83. The van der Waals surface area contributed by atoms with E-state index >= 15 is 0 Å². The second-order valence-electron chi connectivity index (χ2n) is 4.31. The molecule has 2 rings (SSSR count). The fraction of sp³-hybridized carbons (Fsp3) is 0.133. The molecule has 0 bridgehead atoms. The van der Waals surface area contributed by atoms with Gasteiger partial charge < -0.3 is 10.1 Å². The van der Waals surface area contributed by atoms with Gasteiger partial charge in [0.05, 0.1) is 11.5 Å². The van der Waals surface area contributed by atoms with Gasteiger partial charge in [0.1, 0.15) is 12.2 Å². The quantitative estimate of drug-likeness (QED) is 0.505. The van der Waals surface area contributed by atoms with E-state index in [1.54, 1.807) is 12.1 Å². The highest BCUT2D eigenvalue weighted by atomic mass is 19.1. The molecular weight excluding hydrogens is 291 g/mol. The van der Waals surface area contributed by atoms with Crippen molar-refractivity contribution in [3.63, 3.8) is 0 Å². The molecule has 0 spiro atoms. The number of nitro benzene ring substituents is 1. The van der Waals surface area contributed by atoms with Crippen molar-refractivity contribution < 1.29 is 18.8 Å². The molecule has 0 heterocycles. The fourth-order valence-electron chi connectivity index (χ4n) is 1.81. The summed E-state index contributed by atoms with van der Waals surface area (Å²) in [5.41, 5.74) is -0.298. The number of rotatable bonds is 6. The smallest absolute Gasteiger partial charge is 0.282 e. The van der Waals surface area contributed by atoms with E-state index in [9.17, 15) is 19.3 Å². The van der Waals surface area contributed by atoms with Crippen LogP contribution >= 0.6 is 0 Å². The first-order valence-electron chi connectivity index (χ1n) is 6.48. The average molecular weight is 304 g/mol. The number of hydrogen-bond acceptors (Lipinski definition) is 4. The number of amides is 1. The Hall–Kier alpha value is -2.96. The Morgan fingerprint density at radius 3 is 2.59 bits per heavy atom. The van der Waals surface area contributed by atoms with E-state index < -0.39 is 16.6 Å². The van der Waals surface area contributed by atoms with Crippen molar-refractivity contribution in [3.05, 3.63) is 70.0 Å². The van der Waals surface area contributed by atoms with Gasteiger partial charge in [0.25, 0.3) is 11.6 Å². The Kier molecular flexibility index (Phi) is 5.02. The van der Waals surface area contributed by atoms with Crippen molar-refractivity contribution in [2.75, 3.05) is 13.2 Å². The molecule has 0 unspecified atom stereocenters. The molecule has 0 aliphatic carbocycles. The first-order valence-corrected chi connectivity index (χ1v) is 6.48.